The van der Waals surface area contributed by atoms with Crippen LogP contribution in [0.3, 0.4) is 0 Å². The Kier molecular flexibility index (Phi) is 7.36. The molecule has 3 rings (SSSR count). The minimum Gasteiger partial charge on any atom is -0.396 e. The molecule has 0 radical (unpaired) electrons. The molecule has 1 heterocycles. The monoisotopic (exact) mass is 354 g/mol. The highest BCUT2D eigenvalue weighted by Crippen LogP contribution is 2.29. The van der Waals surface area contributed by atoms with E-state index in [0.29, 0.717) is 0 Å². The summed E-state index contributed by atoms with van der Waals surface area (Å²) in [4.78, 5) is 26.7. The van der Waals surface area contributed by atoms with E-state index >= 15 is 0 Å². The third kappa shape index (κ3) is 4.92. The maximum absolute atomic E-state index is 11.9. The fraction of sp³-hybridized carbons (Fsp3) is 0.333. The average Bonchev–Trinajstić information content (AvgIpc) is 2.99. The summed E-state index contributed by atoms with van der Waals surface area (Å²) in [6.07, 6.45) is 0.823. The lowest BCUT2D eigenvalue weighted by atomic mass is 10.1. The first kappa shape index (κ1) is 19.7. The molecule has 0 spiro atoms. The topological polar surface area (TPSA) is 60.9 Å². The molecule has 2 amide bonds. The third-order valence-electron chi connectivity index (χ3n) is 4.36. The van der Waals surface area contributed by atoms with Gasteiger partial charge in [-0.1, -0.05) is 67.6 Å². The highest BCUT2D eigenvalue weighted by atomic mass is 16.3. The number of carbonyl (C=O) groups is 2. The van der Waals surface area contributed by atoms with Gasteiger partial charge in [-0.3, -0.25) is 9.59 Å². The van der Waals surface area contributed by atoms with Crippen LogP contribution < -0.4 is 0 Å². The second-order valence-electron chi connectivity index (χ2n) is 6.12. The summed E-state index contributed by atoms with van der Waals surface area (Å²) in [6.45, 7) is 2.04. The number of amides is 2. The van der Waals surface area contributed by atoms with Crippen LogP contribution in [0.4, 0.5) is 0 Å². The van der Waals surface area contributed by atoms with E-state index in [0.717, 1.165) is 12.0 Å². The van der Waals surface area contributed by atoms with E-state index in [-0.39, 0.29) is 37.6 Å². The van der Waals surface area contributed by atoms with Crippen LogP contribution in [-0.2, 0) is 16.0 Å². The maximum atomic E-state index is 11.9. The van der Waals surface area contributed by atoms with Crippen molar-refractivity contribution in [1.29, 1.82) is 0 Å². The minimum atomic E-state index is -0.363. The van der Waals surface area contributed by atoms with Gasteiger partial charge >= 0.3 is 0 Å². The molecular formula is C21H26N2O3. The van der Waals surface area contributed by atoms with E-state index < -0.39 is 0 Å². The van der Waals surface area contributed by atoms with E-state index in [1.807, 2.05) is 36.4 Å². The Labute approximate surface area is 154 Å². The van der Waals surface area contributed by atoms with Crippen LogP contribution in [-0.4, -0.2) is 46.9 Å². The summed E-state index contributed by atoms with van der Waals surface area (Å²) in [5, 5.41) is 8.84. The number of aryl methyl sites for hydroxylation is 1. The molecule has 0 saturated carbocycles. The molecule has 1 aliphatic heterocycles. The first-order valence-electron chi connectivity index (χ1n) is 8.83. The molecule has 138 valence electrons. The van der Waals surface area contributed by atoms with E-state index in [9.17, 15) is 9.59 Å². The molecule has 5 heteroatoms. The normalized spacial score (nSPS) is 16.3. The molecule has 1 fully saturated rings. The number of aliphatic hydroxyl groups is 1. The standard InChI is InChI=1S/C13H16N2O3.C8H10/c1-14-12(18)9-15(11(17)7-8-16)13(14)10-5-3-2-4-6-10;1-2-8-6-4-3-5-7-8/h2-6,13,16H,7-9H2,1H3;3-7H,2H2,1H3. The second-order valence-corrected chi connectivity index (χ2v) is 6.12. The molecule has 1 saturated heterocycles. The number of nitrogens with zero attached hydrogens (tertiary/aromatic N) is 2. The molecular weight excluding hydrogens is 328 g/mol. The summed E-state index contributed by atoms with van der Waals surface area (Å²) in [5.74, 6) is -0.292. The average molecular weight is 354 g/mol. The van der Waals surface area contributed by atoms with Crippen molar-refractivity contribution < 1.29 is 14.7 Å². The summed E-state index contributed by atoms with van der Waals surface area (Å²) in [7, 11) is 1.69. The molecule has 26 heavy (non-hydrogen) atoms. The summed E-state index contributed by atoms with van der Waals surface area (Å²) < 4.78 is 0. The molecule has 1 atom stereocenters. The van der Waals surface area contributed by atoms with E-state index in [1.165, 1.54) is 10.5 Å². The summed E-state index contributed by atoms with van der Waals surface area (Å²) in [5.41, 5.74) is 2.31. The zero-order chi connectivity index (χ0) is 18.9. The largest absolute Gasteiger partial charge is 0.396 e. The molecule has 2 aromatic rings. The number of hydrogen-bond acceptors (Lipinski definition) is 3. The van der Waals surface area contributed by atoms with Crippen LogP contribution in [0, 0.1) is 0 Å². The zero-order valence-electron chi connectivity index (χ0n) is 15.3. The molecule has 1 N–H and O–H groups in total. The highest BCUT2D eigenvalue weighted by molar-refractivity contribution is 5.88. The second kappa shape index (κ2) is 9.73. The molecule has 2 aromatic carbocycles. The van der Waals surface area contributed by atoms with Crippen LogP contribution in [0.5, 0.6) is 0 Å². The van der Waals surface area contributed by atoms with Crippen molar-refractivity contribution in [2.75, 3.05) is 20.2 Å². The Morgan fingerprint density at radius 3 is 2.15 bits per heavy atom. The molecule has 0 aromatic heterocycles. The Bertz CT molecular complexity index is 704. The van der Waals surface area contributed by atoms with Crippen molar-refractivity contribution >= 4 is 11.8 Å². The molecule has 0 bridgehead atoms. The van der Waals surface area contributed by atoms with Crippen molar-refractivity contribution in [2.45, 2.75) is 25.9 Å². The Hall–Kier alpha value is -2.66. The van der Waals surface area contributed by atoms with Gasteiger partial charge in [0.2, 0.25) is 11.8 Å². The molecule has 0 aliphatic carbocycles. The Balaban J connectivity index is 0.000000254. The minimum absolute atomic E-state index is 0.0461. The van der Waals surface area contributed by atoms with Gasteiger partial charge in [0.1, 0.15) is 12.7 Å². The lowest BCUT2D eigenvalue weighted by molar-refractivity contribution is -0.134. The first-order valence-corrected chi connectivity index (χ1v) is 8.83. The van der Waals surface area contributed by atoms with Gasteiger partial charge in [0.15, 0.2) is 0 Å². The SMILES string of the molecule is CCc1ccccc1.CN1C(=O)CN(C(=O)CCO)C1c1ccccc1. The number of carbonyl (C=O) groups excluding carboxylic acids is 2. The van der Waals surface area contributed by atoms with Crippen molar-refractivity contribution in [2.24, 2.45) is 0 Å². The van der Waals surface area contributed by atoms with Crippen molar-refractivity contribution in [1.82, 2.24) is 9.80 Å². The van der Waals surface area contributed by atoms with Crippen molar-refractivity contribution in [3.05, 3.63) is 71.8 Å². The van der Waals surface area contributed by atoms with Gasteiger partial charge in [-0.15, -0.1) is 0 Å². The molecule has 5 nitrogen and oxygen atoms in total. The zero-order valence-corrected chi connectivity index (χ0v) is 15.3. The number of benzene rings is 2. The number of hydrogen-bond donors (Lipinski definition) is 1. The quantitative estimate of drug-likeness (QED) is 0.918. The molecule has 1 aliphatic rings. The maximum Gasteiger partial charge on any atom is 0.243 e. The first-order chi connectivity index (χ1) is 12.6. The van der Waals surface area contributed by atoms with Crippen molar-refractivity contribution in [3.63, 3.8) is 0 Å². The van der Waals surface area contributed by atoms with Crippen LogP contribution in [0.15, 0.2) is 60.7 Å². The lowest BCUT2D eigenvalue weighted by Crippen LogP contribution is -2.34. The van der Waals surface area contributed by atoms with Gasteiger partial charge in [0, 0.05) is 13.5 Å². The summed E-state index contributed by atoms with van der Waals surface area (Å²) >= 11 is 0. The predicted octanol–water partition coefficient (Wildman–Crippen LogP) is 2.62. The van der Waals surface area contributed by atoms with Gasteiger partial charge in [0.25, 0.3) is 0 Å². The van der Waals surface area contributed by atoms with Crippen LogP contribution in [0.1, 0.15) is 30.6 Å². The Morgan fingerprint density at radius 2 is 1.65 bits per heavy atom. The van der Waals surface area contributed by atoms with Gasteiger partial charge in [-0.25, -0.2) is 0 Å². The Morgan fingerprint density at radius 1 is 1.08 bits per heavy atom. The van der Waals surface area contributed by atoms with Crippen molar-refractivity contribution in [3.8, 4) is 0 Å². The van der Waals surface area contributed by atoms with Gasteiger partial charge in [-0.2, -0.15) is 0 Å². The predicted molar refractivity (Wildman–Crippen MR) is 101 cm³/mol. The highest BCUT2D eigenvalue weighted by Gasteiger charge is 2.38. The van der Waals surface area contributed by atoms with E-state index in [1.54, 1.807) is 11.9 Å². The number of rotatable bonds is 4. The fourth-order valence-electron chi connectivity index (χ4n) is 2.90. The van der Waals surface area contributed by atoms with Gasteiger partial charge in [-0.05, 0) is 17.5 Å². The van der Waals surface area contributed by atoms with E-state index in [4.69, 9.17) is 5.11 Å². The van der Waals surface area contributed by atoms with Crippen LogP contribution in [0.25, 0.3) is 0 Å². The van der Waals surface area contributed by atoms with Crippen LogP contribution in [0.2, 0.25) is 0 Å². The fourth-order valence-corrected chi connectivity index (χ4v) is 2.90. The summed E-state index contributed by atoms with van der Waals surface area (Å²) in [6, 6.07) is 19.9. The van der Waals surface area contributed by atoms with Gasteiger partial charge < -0.3 is 14.9 Å². The van der Waals surface area contributed by atoms with E-state index in [2.05, 4.69) is 31.2 Å². The third-order valence-corrected chi connectivity index (χ3v) is 4.36. The van der Waals surface area contributed by atoms with Gasteiger partial charge in [0.05, 0.1) is 6.61 Å². The lowest BCUT2D eigenvalue weighted by Gasteiger charge is -2.27. The smallest absolute Gasteiger partial charge is 0.243 e. The number of likely N-dealkylation sites (N-methyl/N-ethyl adjacent to an activating group) is 1. The molecule has 1 unspecified atom stereocenters. The van der Waals surface area contributed by atoms with Crippen LogP contribution >= 0.6 is 0 Å². The number of aliphatic hydroxyl groups excluding tert-OH is 1.